The molecule has 3 heteroatoms. The summed E-state index contributed by atoms with van der Waals surface area (Å²) in [5, 5.41) is 6.30. The van der Waals surface area contributed by atoms with Crippen molar-refractivity contribution in [3.8, 4) is 0 Å². The summed E-state index contributed by atoms with van der Waals surface area (Å²) >= 11 is 0. The molecule has 2 N–H and O–H groups in total. The third kappa shape index (κ3) is 4.87. The maximum absolute atomic E-state index is 12.0. The van der Waals surface area contributed by atoms with Crippen molar-refractivity contribution in [1.82, 2.24) is 5.32 Å². The third-order valence-electron chi connectivity index (χ3n) is 4.22. The van der Waals surface area contributed by atoms with Gasteiger partial charge in [-0.15, -0.1) is 0 Å². The molecule has 20 heavy (non-hydrogen) atoms. The Morgan fingerprint density at radius 2 is 1.80 bits per heavy atom. The minimum Gasteiger partial charge on any atom is -0.376 e. The van der Waals surface area contributed by atoms with Crippen molar-refractivity contribution < 1.29 is 4.79 Å². The highest BCUT2D eigenvalue weighted by Crippen LogP contribution is 2.25. The number of hydrogen-bond donors (Lipinski definition) is 2. The van der Waals surface area contributed by atoms with Gasteiger partial charge in [0.05, 0.1) is 6.54 Å². The number of carbonyl (C=O) groups is 1. The van der Waals surface area contributed by atoms with Crippen LogP contribution in [0.4, 0.5) is 5.69 Å². The van der Waals surface area contributed by atoms with E-state index in [1.807, 2.05) is 30.3 Å². The minimum absolute atomic E-state index is 0.0885. The Labute approximate surface area is 122 Å². The van der Waals surface area contributed by atoms with Crippen LogP contribution in [-0.2, 0) is 4.79 Å². The van der Waals surface area contributed by atoms with Gasteiger partial charge >= 0.3 is 0 Å². The molecule has 1 amide bonds. The predicted octanol–water partition coefficient (Wildman–Crippen LogP) is 3.57. The molecule has 1 aromatic carbocycles. The molecular formula is C17H26N2O. The monoisotopic (exact) mass is 274 g/mol. The zero-order chi connectivity index (χ0) is 14.2. The Balaban J connectivity index is 1.73. The van der Waals surface area contributed by atoms with Gasteiger partial charge in [0, 0.05) is 11.7 Å². The molecular weight excluding hydrogens is 248 g/mol. The highest BCUT2D eigenvalue weighted by molar-refractivity contribution is 5.80. The summed E-state index contributed by atoms with van der Waals surface area (Å²) in [7, 11) is 0. The first-order valence-electron chi connectivity index (χ1n) is 7.84. The fourth-order valence-electron chi connectivity index (χ4n) is 2.97. The van der Waals surface area contributed by atoms with E-state index in [0.717, 1.165) is 5.69 Å². The number of hydrogen-bond acceptors (Lipinski definition) is 2. The van der Waals surface area contributed by atoms with Crippen molar-refractivity contribution in [2.45, 2.75) is 51.5 Å². The van der Waals surface area contributed by atoms with Crippen molar-refractivity contribution in [1.29, 1.82) is 0 Å². The van der Waals surface area contributed by atoms with Gasteiger partial charge in [-0.2, -0.15) is 0 Å². The number of amides is 1. The van der Waals surface area contributed by atoms with E-state index in [0.29, 0.717) is 12.5 Å². The third-order valence-corrected chi connectivity index (χ3v) is 4.22. The van der Waals surface area contributed by atoms with Crippen LogP contribution in [-0.4, -0.2) is 18.5 Å². The van der Waals surface area contributed by atoms with E-state index < -0.39 is 0 Å². The van der Waals surface area contributed by atoms with Gasteiger partial charge in [-0.3, -0.25) is 4.79 Å². The minimum atomic E-state index is 0.0885. The maximum Gasteiger partial charge on any atom is 0.239 e. The van der Waals surface area contributed by atoms with Gasteiger partial charge in [-0.25, -0.2) is 0 Å². The van der Waals surface area contributed by atoms with Gasteiger partial charge < -0.3 is 10.6 Å². The van der Waals surface area contributed by atoms with Gasteiger partial charge in [0.25, 0.3) is 0 Å². The number of nitrogens with one attached hydrogen (secondary N) is 2. The lowest BCUT2D eigenvalue weighted by molar-refractivity contribution is -0.120. The van der Waals surface area contributed by atoms with Crippen molar-refractivity contribution in [3.05, 3.63) is 30.3 Å². The van der Waals surface area contributed by atoms with Gasteiger partial charge in [-0.1, -0.05) is 43.9 Å². The number of benzene rings is 1. The van der Waals surface area contributed by atoms with Gasteiger partial charge in [0.15, 0.2) is 0 Å². The first-order valence-corrected chi connectivity index (χ1v) is 7.84. The molecule has 0 bridgehead atoms. The number of anilines is 1. The molecule has 1 aliphatic rings. The van der Waals surface area contributed by atoms with Gasteiger partial charge in [0.2, 0.25) is 5.91 Å². The van der Waals surface area contributed by atoms with Crippen LogP contribution >= 0.6 is 0 Å². The van der Waals surface area contributed by atoms with Crippen molar-refractivity contribution >= 4 is 11.6 Å². The van der Waals surface area contributed by atoms with Crippen LogP contribution in [0.2, 0.25) is 0 Å². The quantitative estimate of drug-likeness (QED) is 0.806. The molecule has 0 aromatic heterocycles. The molecule has 0 saturated heterocycles. The molecule has 1 aromatic rings. The zero-order valence-electron chi connectivity index (χ0n) is 12.4. The highest BCUT2D eigenvalue weighted by Gasteiger charge is 2.20. The molecule has 3 nitrogen and oxygen atoms in total. The van der Waals surface area contributed by atoms with E-state index in [9.17, 15) is 4.79 Å². The second kappa shape index (κ2) is 7.93. The molecule has 0 unspecified atom stereocenters. The van der Waals surface area contributed by atoms with E-state index in [1.165, 1.54) is 38.5 Å². The lowest BCUT2D eigenvalue weighted by Crippen LogP contribution is -2.40. The standard InChI is InChI=1S/C17H26N2O/c1-14(15-9-5-2-3-6-10-15)19-17(20)13-18-16-11-7-4-8-12-16/h4,7-8,11-12,14-15,18H,2-3,5-6,9-10,13H2,1H3,(H,19,20)/t14-/m0/s1. The molecule has 1 aliphatic carbocycles. The maximum atomic E-state index is 12.0. The summed E-state index contributed by atoms with van der Waals surface area (Å²) in [5.41, 5.74) is 0.991. The van der Waals surface area contributed by atoms with Gasteiger partial charge in [0.1, 0.15) is 0 Å². The van der Waals surface area contributed by atoms with Crippen LogP contribution in [0.15, 0.2) is 30.3 Å². The Hall–Kier alpha value is -1.51. The topological polar surface area (TPSA) is 41.1 Å². The van der Waals surface area contributed by atoms with Crippen LogP contribution in [0.5, 0.6) is 0 Å². The van der Waals surface area contributed by atoms with E-state index in [-0.39, 0.29) is 11.9 Å². The molecule has 0 radical (unpaired) electrons. The van der Waals surface area contributed by atoms with Gasteiger partial charge in [-0.05, 0) is 37.8 Å². The Morgan fingerprint density at radius 3 is 2.45 bits per heavy atom. The molecule has 0 spiro atoms. The molecule has 1 fully saturated rings. The molecule has 0 aliphatic heterocycles. The van der Waals surface area contributed by atoms with Crippen LogP contribution in [0.25, 0.3) is 0 Å². The highest BCUT2D eigenvalue weighted by atomic mass is 16.1. The average Bonchev–Trinajstić information content (AvgIpc) is 2.75. The summed E-state index contributed by atoms with van der Waals surface area (Å²) < 4.78 is 0. The summed E-state index contributed by atoms with van der Waals surface area (Å²) in [6, 6.07) is 10.1. The Morgan fingerprint density at radius 1 is 1.15 bits per heavy atom. The average molecular weight is 274 g/mol. The first kappa shape index (κ1) is 14.9. The molecule has 1 saturated carbocycles. The smallest absolute Gasteiger partial charge is 0.239 e. The summed E-state index contributed by atoms with van der Waals surface area (Å²) in [6.07, 6.45) is 7.85. The molecule has 1 atom stereocenters. The Kier molecular flexibility index (Phi) is 5.90. The number of rotatable bonds is 5. The fraction of sp³-hybridized carbons (Fsp3) is 0.588. The molecule has 110 valence electrons. The largest absolute Gasteiger partial charge is 0.376 e. The SMILES string of the molecule is C[C@H](NC(=O)CNc1ccccc1)C1CCCCCC1. The van der Waals surface area contributed by atoms with E-state index in [4.69, 9.17) is 0 Å². The Bertz CT molecular complexity index is 397. The molecule has 2 rings (SSSR count). The summed E-state index contributed by atoms with van der Waals surface area (Å²) in [4.78, 5) is 12.0. The molecule has 0 heterocycles. The van der Waals surface area contributed by atoms with E-state index in [1.54, 1.807) is 0 Å². The fourth-order valence-corrected chi connectivity index (χ4v) is 2.97. The normalized spacial score (nSPS) is 18.1. The zero-order valence-corrected chi connectivity index (χ0v) is 12.4. The number of carbonyl (C=O) groups excluding carboxylic acids is 1. The summed E-state index contributed by atoms with van der Waals surface area (Å²) in [6.45, 7) is 2.50. The van der Waals surface area contributed by atoms with Crippen molar-refractivity contribution in [3.63, 3.8) is 0 Å². The van der Waals surface area contributed by atoms with E-state index in [2.05, 4.69) is 17.6 Å². The van der Waals surface area contributed by atoms with Crippen molar-refractivity contribution in [2.24, 2.45) is 5.92 Å². The van der Waals surface area contributed by atoms with E-state index >= 15 is 0 Å². The second-order valence-electron chi connectivity index (χ2n) is 5.83. The van der Waals surface area contributed by atoms with Crippen molar-refractivity contribution in [2.75, 3.05) is 11.9 Å². The van der Waals surface area contributed by atoms with Crippen LogP contribution in [0.3, 0.4) is 0 Å². The first-order chi connectivity index (χ1) is 9.75. The van der Waals surface area contributed by atoms with Crippen LogP contribution in [0.1, 0.15) is 45.4 Å². The summed E-state index contributed by atoms with van der Waals surface area (Å²) in [5.74, 6) is 0.740. The number of para-hydroxylation sites is 1. The predicted molar refractivity (Wildman–Crippen MR) is 83.7 cm³/mol. The second-order valence-corrected chi connectivity index (χ2v) is 5.83. The lowest BCUT2D eigenvalue weighted by Gasteiger charge is -2.23. The van der Waals surface area contributed by atoms with Crippen LogP contribution < -0.4 is 10.6 Å². The van der Waals surface area contributed by atoms with Crippen LogP contribution in [0, 0.1) is 5.92 Å². The lowest BCUT2D eigenvalue weighted by atomic mass is 9.93.